The molecule has 0 aliphatic heterocycles. The van der Waals surface area contributed by atoms with Crippen LogP contribution in [0.1, 0.15) is 25.7 Å². The van der Waals surface area contributed by atoms with Crippen molar-refractivity contribution in [1.82, 2.24) is 0 Å². The number of carbonyl (C=O) groups excluding carboxylic acids is 1. The first-order valence-corrected chi connectivity index (χ1v) is 3.65. The lowest BCUT2D eigenvalue weighted by atomic mass is 10.0. The molecule has 2 heteroatoms. The Kier molecular flexibility index (Phi) is 2.63. The number of Topliss-reactive ketones (excluding diaryl/α,β-unsaturated/α-hetero) is 1. The smallest absolute Gasteiger partial charge is 0.136 e. The van der Waals surface area contributed by atoms with Gasteiger partial charge in [-0.2, -0.15) is 0 Å². The summed E-state index contributed by atoms with van der Waals surface area (Å²) in [5, 5.41) is 9.10. The van der Waals surface area contributed by atoms with E-state index < -0.39 is 0 Å². The molecule has 0 aromatic rings. The zero-order chi connectivity index (χ0) is 7.40. The van der Waals surface area contributed by atoms with E-state index in [1.54, 1.807) is 12.2 Å². The number of hydrogen-bond donors (Lipinski definition) is 1. The largest absolute Gasteiger partial charge is 0.389 e. The van der Waals surface area contributed by atoms with Crippen LogP contribution in [0.3, 0.4) is 0 Å². The average molecular weight is 140 g/mol. The maximum absolute atomic E-state index is 10.8. The fourth-order valence-electron chi connectivity index (χ4n) is 1.06. The Morgan fingerprint density at radius 3 is 3.20 bits per heavy atom. The van der Waals surface area contributed by atoms with Crippen LogP contribution in [0.5, 0.6) is 0 Å². The monoisotopic (exact) mass is 140 g/mol. The van der Waals surface area contributed by atoms with Gasteiger partial charge < -0.3 is 5.11 Å². The van der Waals surface area contributed by atoms with Crippen molar-refractivity contribution >= 4 is 5.78 Å². The van der Waals surface area contributed by atoms with Gasteiger partial charge in [0, 0.05) is 12.8 Å². The number of aliphatic hydroxyl groups is 1. The van der Waals surface area contributed by atoms with E-state index in [0.29, 0.717) is 12.8 Å². The third-order valence-electron chi connectivity index (χ3n) is 1.66. The zero-order valence-corrected chi connectivity index (χ0v) is 5.92. The molecular weight excluding hydrogens is 128 g/mol. The van der Waals surface area contributed by atoms with Crippen LogP contribution in [0, 0.1) is 0 Å². The standard InChI is InChI=1S/C8H12O2/c9-7-3-1-4-8(10)6-2-5-7/h1,3,7,9H,2,4-6H2. The third-order valence-corrected chi connectivity index (χ3v) is 1.66. The van der Waals surface area contributed by atoms with E-state index in [4.69, 9.17) is 5.11 Å². The van der Waals surface area contributed by atoms with Crippen molar-refractivity contribution in [3.05, 3.63) is 12.2 Å². The van der Waals surface area contributed by atoms with Gasteiger partial charge in [0.2, 0.25) is 0 Å². The molecule has 2 nitrogen and oxygen atoms in total. The summed E-state index contributed by atoms with van der Waals surface area (Å²) >= 11 is 0. The lowest BCUT2D eigenvalue weighted by Crippen LogP contribution is -2.07. The highest BCUT2D eigenvalue weighted by Gasteiger charge is 2.06. The predicted octanol–water partition coefficient (Wildman–Crippen LogP) is 1.05. The first-order valence-electron chi connectivity index (χ1n) is 3.65. The normalized spacial score (nSPS) is 27.7. The lowest BCUT2D eigenvalue weighted by Gasteiger charge is -2.07. The molecule has 0 spiro atoms. The molecule has 1 atom stereocenters. The second kappa shape index (κ2) is 3.52. The molecule has 56 valence electrons. The van der Waals surface area contributed by atoms with Crippen LogP contribution in [0.4, 0.5) is 0 Å². The number of hydrogen-bond acceptors (Lipinski definition) is 2. The van der Waals surface area contributed by atoms with Gasteiger partial charge in [-0.1, -0.05) is 12.2 Å². The van der Waals surface area contributed by atoms with Crippen molar-refractivity contribution in [1.29, 1.82) is 0 Å². The molecule has 1 N–H and O–H groups in total. The van der Waals surface area contributed by atoms with Crippen LogP contribution >= 0.6 is 0 Å². The summed E-state index contributed by atoms with van der Waals surface area (Å²) in [4.78, 5) is 10.8. The first-order chi connectivity index (χ1) is 4.79. The number of allylic oxidation sites excluding steroid dienone is 1. The summed E-state index contributed by atoms with van der Waals surface area (Å²) in [5.41, 5.74) is 0. The van der Waals surface area contributed by atoms with Crippen molar-refractivity contribution in [2.45, 2.75) is 31.8 Å². The highest BCUT2D eigenvalue weighted by atomic mass is 16.3. The van der Waals surface area contributed by atoms with Crippen molar-refractivity contribution < 1.29 is 9.90 Å². The van der Waals surface area contributed by atoms with Crippen molar-refractivity contribution in [2.75, 3.05) is 0 Å². The molecule has 0 heterocycles. The summed E-state index contributed by atoms with van der Waals surface area (Å²) in [6.45, 7) is 0. The maximum Gasteiger partial charge on any atom is 0.136 e. The summed E-state index contributed by atoms with van der Waals surface area (Å²) in [7, 11) is 0. The molecule has 1 rings (SSSR count). The minimum absolute atomic E-state index is 0.281. The highest BCUT2D eigenvalue weighted by Crippen LogP contribution is 2.08. The molecule has 0 aromatic carbocycles. The minimum Gasteiger partial charge on any atom is -0.389 e. The summed E-state index contributed by atoms with van der Waals surface area (Å²) in [6, 6.07) is 0. The first kappa shape index (κ1) is 7.48. The van der Waals surface area contributed by atoms with Crippen molar-refractivity contribution in [2.24, 2.45) is 0 Å². The molecule has 10 heavy (non-hydrogen) atoms. The molecule has 0 fully saturated rings. The predicted molar refractivity (Wildman–Crippen MR) is 38.6 cm³/mol. The number of rotatable bonds is 0. The van der Waals surface area contributed by atoms with E-state index in [1.165, 1.54) is 0 Å². The highest BCUT2D eigenvalue weighted by molar-refractivity contribution is 5.79. The van der Waals surface area contributed by atoms with Gasteiger partial charge in [-0.3, -0.25) is 4.79 Å². The molecule has 0 bridgehead atoms. The van der Waals surface area contributed by atoms with E-state index in [9.17, 15) is 4.79 Å². The van der Waals surface area contributed by atoms with Crippen LogP contribution in [0.25, 0.3) is 0 Å². The molecule has 0 amide bonds. The van der Waals surface area contributed by atoms with Crippen molar-refractivity contribution in [3.8, 4) is 0 Å². The molecule has 0 saturated heterocycles. The van der Waals surface area contributed by atoms with Gasteiger partial charge in [-0.15, -0.1) is 0 Å². The van der Waals surface area contributed by atoms with Gasteiger partial charge in [0.15, 0.2) is 0 Å². The molecule has 0 radical (unpaired) electrons. The molecule has 0 saturated carbocycles. The Morgan fingerprint density at radius 2 is 2.40 bits per heavy atom. The van der Waals surface area contributed by atoms with E-state index in [-0.39, 0.29) is 11.9 Å². The lowest BCUT2D eigenvalue weighted by molar-refractivity contribution is -0.118. The van der Waals surface area contributed by atoms with Gasteiger partial charge in [0.05, 0.1) is 6.10 Å². The fraction of sp³-hybridized carbons (Fsp3) is 0.625. The van der Waals surface area contributed by atoms with Gasteiger partial charge in [-0.05, 0) is 12.8 Å². The molecular formula is C8H12O2. The second-order valence-electron chi connectivity index (χ2n) is 2.63. The number of aliphatic hydroxyl groups excluding tert-OH is 1. The molecule has 1 aliphatic rings. The molecule has 0 aromatic heterocycles. The Bertz CT molecular complexity index is 149. The third kappa shape index (κ3) is 2.31. The summed E-state index contributed by atoms with van der Waals surface area (Å²) < 4.78 is 0. The average Bonchev–Trinajstić information content (AvgIpc) is 1.84. The SMILES string of the molecule is O=C1CC=CC(O)CCC1. The van der Waals surface area contributed by atoms with E-state index in [1.807, 2.05) is 0 Å². The Labute approximate surface area is 60.6 Å². The Morgan fingerprint density at radius 1 is 1.60 bits per heavy atom. The maximum atomic E-state index is 10.8. The van der Waals surface area contributed by atoms with Gasteiger partial charge >= 0.3 is 0 Å². The van der Waals surface area contributed by atoms with Gasteiger partial charge in [0.25, 0.3) is 0 Å². The van der Waals surface area contributed by atoms with Gasteiger partial charge in [0.1, 0.15) is 5.78 Å². The minimum atomic E-state index is -0.326. The zero-order valence-electron chi connectivity index (χ0n) is 5.92. The fourth-order valence-corrected chi connectivity index (χ4v) is 1.06. The van der Waals surface area contributed by atoms with Crippen LogP contribution < -0.4 is 0 Å². The van der Waals surface area contributed by atoms with Crippen LogP contribution in [-0.4, -0.2) is 17.0 Å². The van der Waals surface area contributed by atoms with E-state index >= 15 is 0 Å². The summed E-state index contributed by atoms with van der Waals surface area (Å²) in [5.74, 6) is 0.281. The number of carbonyl (C=O) groups is 1. The quantitative estimate of drug-likeness (QED) is 0.510. The van der Waals surface area contributed by atoms with Crippen LogP contribution in [0.2, 0.25) is 0 Å². The topological polar surface area (TPSA) is 37.3 Å². The second-order valence-corrected chi connectivity index (χ2v) is 2.63. The summed E-state index contributed by atoms with van der Waals surface area (Å²) in [6.07, 6.45) is 5.81. The Hall–Kier alpha value is -0.630. The number of ketones is 1. The molecule has 1 unspecified atom stereocenters. The van der Waals surface area contributed by atoms with E-state index in [2.05, 4.69) is 0 Å². The van der Waals surface area contributed by atoms with Crippen molar-refractivity contribution in [3.63, 3.8) is 0 Å². The van der Waals surface area contributed by atoms with Crippen LogP contribution in [-0.2, 0) is 4.79 Å². The molecule has 1 aliphatic carbocycles. The van der Waals surface area contributed by atoms with E-state index in [0.717, 1.165) is 12.8 Å². The van der Waals surface area contributed by atoms with Gasteiger partial charge in [-0.25, -0.2) is 0 Å². The van der Waals surface area contributed by atoms with Crippen LogP contribution in [0.15, 0.2) is 12.2 Å². The Balaban J connectivity index is 2.45.